The largest absolute Gasteiger partial charge is 0.330 e. The fraction of sp³-hybridized carbons (Fsp3) is 1.00. The average Bonchev–Trinajstić information content (AvgIpc) is 2.62. The van der Waals surface area contributed by atoms with Crippen LogP contribution in [0, 0.1) is 17.8 Å². The molecular formula is C11H21N. The van der Waals surface area contributed by atoms with Gasteiger partial charge in [0.25, 0.3) is 0 Å². The van der Waals surface area contributed by atoms with Crippen molar-refractivity contribution in [1.29, 1.82) is 0 Å². The van der Waals surface area contributed by atoms with Gasteiger partial charge in [-0.05, 0) is 56.4 Å². The van der Waals surface area contributed by atoms with Gasteiger partial charge in [0.05, 0.1) is 0 Å². The van der Waals surface area contributed by atoms with Crippen molar-refractivity contribution < 1.29 is 0 Å². The molecule has 2 saturated carbocycles. The minimum absolute atomic E-state index is 0.897. The van der Waals surface area contributed by atoms with E-state index in [1.807, 2.05) is 0 Å². The van der Waals surface area contributed by atoms with Crippen molar-refractivity contribution in [3.05, 3.63) is 0 Å². The summed E-state index contributed by atoms with van der Waals surface area (Å²) >= 11 is 0. The zero-order valence-corrected chi connectivity index (χ0v) is 7.97. The maximum Gasteiger partial charge on any atom is -0.00772 e. The van der Waals surface area contributed by atoms with Crippen LogP contribution in [0.5, 0.6) is 0 Å². The lowest BCUT2D eigenvalue weighted by atomic mass is 9.89. The lowest BCUT2D eigenvalue weighted by molar-refractivity contribution is 0.330. The van der Waals surface area contributed by atoms with E-state index in [9.17, 15) is 0 Å². The van der Waals surface area contributed by atoms with Crippen LogP contribution in [0.25, 0.3) is 0 Å². The normalized spacial score (nSPS) is 40.2. The van der Waals surface area contributed by atoms with Crippen LogP contribution in [-0.4, -0.2) is 6.54 Å². The Balaban J connectivity index is 1.83. The molecule has 0 amide bonds. The summed E-state index contributed by atoms with van der Waals surface area (Å²) in [6.07, 6.45) is 10.3. The van der Waals surface area contributed by atoms with Crippen LogP contribution in [0.3, 0.4) is 0 Å². The van der Waals surface area contributed by atoms with Crippen molar-refractivity contribution in [2.75, 3.05) is 6.54 Å². The summed E-state index contributed by atoms with van der Waals surface area (Å²) in [7, 11) is 0. The molecule has 0 spiro atoms. The van der Waals surface area contributed by atoms with Gasteiger partial charge in [-0.1, -0.05) is 12.8 Å². The fourth-order valence-electron chi connectivity index (χ4n) is 3.43. The van der Waals surface area contributed by atoms with Crippen LogP contribution in [0.4, 0.5) is 0 Å². The molecule has 0 bridgehead atoms. The SMILES string of the molecule is NCCCC1CCC2CCCC12. The molecule has 2 rings (SSSR count). The predicted molar refractivity (Wildman–Crippen MR) is 51.8 cm³/mol. The molecule has 70 valence electrons. The molecule has 0 aliphatic heterocycles. The third kappa shape index (κ3) is 1.52. The third-order valence-corrected chi connectivity index (χ3v) is 4.01. The van der Waals surface area contributed by atoms with Crippen LogP contribution in [0.2, 0.25) is 0 Å². The number of nitrogens with two attached hydrogens (primary N) is 1. The van der Waals surface area contributed by atoms with E-state index >= 15 is 0 Å². The number of hydrogen-bond donors (Lipinski definition) is 1. The second kappa shape index (κ2) is 3.78. The predicted octanol–water partition coefficient (Wildman–Crippen LogP) is 2.55. The van der Waals surface area contributed by atoms with Crippen molar-refractivity contribution in [2.45, 2.75) is 44.9 Å². The maximum atomic E-state index is 5.54. The summed E-state index contributed by atoms with van der Waals surface area (Å²) in [4.78, 5) is 0. The summed E-state index contributed by atoms with van der Waals surface area (Å²) in [6.45, 7) is 0.897. The molecule has 3 unspecified atom stereocenters. The van der Waals surface area contributed by atoms with E-state index in [0.29, 0.717) is 0 Å². The molecule has 12 heavy (non-hydrogen) atoms. The molecule has 2 fully saturated rings. The first-order valence-corrected chi connectivity index (χ1v) is 5.62. The van der Waals surface area contributed by atoms with E-state index < -0.39 is 0 Å². The highest BCUT2D eigenvalue weighted by atomic mass is 14.5. The Morgan fingerprint density at radius 1 is 1.08 bits per heavy atom. The van der Waals surface area contributed by atoms with Crippen LogP contribution in [0.1, 0.15) is 44.9 Å². The van der Waals surface area contributed by atoms with Crippen molar-refractivity contribution in [3.8, 4) is 0 Å². The zero-order chi connectivity index (χ0) is 8.39. The van der Waals surface area contributed by atoms with Crippen LogP contribution in [-0.2, 0) is 0 Å². The van der Waals surface area contributed by atoms with Crippen molar-refractivity contribution in [3.63, 3.8) is 0 Å². The van der Waals surface area contributed by atoms with Crippen molar-refractivity contribution in [1.82, 2.24) is 0 Å². The van der Waals surface area contributed by atoms with Gasteiger partial charge in [-0.15, -0.1) is 0 Å². The summed E-state index contributed by atoms with van der Waals surface area (Å²) in [6, 6.07) is 0. The van der Waals surface area contributed by atoms with Crippen molar-refractivity contribution >= 4 is 0 Å². The Bertz CT molecular complexity index is 144. The van der Waals surface area contributed by atoms with Gasteiger partial charge in [0, 0.05) is 0 Å². The van der Waals surface area contributed by atoms with Crippen LogP contribution in [0.15, 0.2) is 0 Å². The Labute approximate surface area is 75.7 Å². The van der Waals surface area contributed by atoms with E-state index in [1.165, 1.54) is 44.9 Å². The van der Waals surface area contributed by atoms with Crippen LogP contribution >= 0.6 is 0 Å². The molecule has 1 heteroatoms. The summed E-state index contributed by atoms with van der Waals surface area (Å²) < 4.78 is 0. The van der Waals surface area contributed by atoms with Gasteiger partial charge in [0.15, 0.2) is 0 Å². The quantitative estimate of drug-likeness (QED) is 0.687. The number of hydrogen-bond acceptors (Lipinski definition) is 1. The highest BCUT2D eigenvalue weighted by Crippen LogP contribution is 2.48. The van der Waals surface area contributed by atoms with E-state index in [1.54, 1.807) is 0 Å². The van der Waals surface area contributed by atoms with Gasteiger partial charge in [0.1, 0.15) is 0 Å². The number of fused-ring (bicyclic) bond motifs is 1. The maximum absolute atomic E-state index is 5.54. The number of rotatable bonds is 3. The molecule has 0 aromatic heterocycles. The first kappa shape index (κ1) is 8.55. The molecule has 2 aliphatic rings. The first-order valence-electron chi connectivity index (χ1n) is 5.62. The van der Waals surface area contributed by atoms with E-state index in [2.05, 4.69) is 0 Å². The fourth-order valence-corrected chi connectivity index (χ4v) is 3.43. The molecule has 1 nitrogen and oxygen atoms in total. The Hall–Kier alpha value is -0.0400. The molecule has 2 N–H and O–H groups in total. The molecular weight excluding hydrogens is 146 g/mol. The third-order valence-electron chi connectivity index (χ3n) is 4.01. The molecule has 0 heterocycles. The standard InChI is InChI=1S/C11H21N/c12-8-2-4-10-7-6-9-3-1-5-11(9)10/h9-11H,1-8,12H2. The monoisotopic (exact) mass is 167 g/mol. The Morgan fingerprint density at radius 3 is 2.83 bits per heavy atom. The second-order valence-corrected chi connectivity index (χ2v) is 4.62. The molecule has 0 saturated heterocycles. The van der Waals surface area contributed by atoms with Crippen LogP contribution < -0.4 is 5.73 Å². The highest BCUT2D eigenvalue weighted by molar-refractivity contribution is 4.88. The van der Waals surface area contributed by atoms with Gasteiger partial charge in [-0.25, -0.2) is 0 Å². The zero-order valence-electron chi connectivity index (χ0n) is 7.97. The molecule has 0 radical (unpaired) electrons. The minimum atomic E-state index is 0.897. The Kier molecular flexibility index (Phi) is 2.69. The average molecular weight is 167 g/mol. The van der Waals surface area contributed by atoms with E-state index in [4.69, 9.17) is 5.73 Å². The topological polar surface area (TPSA) is 26.0 Å². The highest BCUT2D eigenvalue weighted by Gasteiger charge is 2.38. The van der Waals surface area contributed by atoms with Gasteiger partial charge in [-0.2, -0.15) is 0 Å². The van der Waals surface area contributed by atoms with E-state index in [-0.39, 0.29) is 0 Å². The molecule has 2 aliphatic carbocycles. The lowest BCUT2D eigenvalue weighted by Crippen LogP contribution is -2.11. The summed E-state index contributed by atoms with van der Waals surface area (Å²) in [5, 5.41) is 0. The van der Waals surface area contributed by atoms with Gasteiger partial charge >= 0.3 is 0 Å². The lowest BCUT2D eigenvalue weighted by Gasteiger charge is -2.17. The Morgan fingerprint density at radius 2 is 2.00 bits per heavy atom. The molecule has 0 aromatic rings. The van der Waals surface area contributed by atoms with Gasteiger partial charge in [0.2, 0.25) is 0 Å². The summed E-state index contributed by atoms with van der Waals surface area (Å²) in [5.74, 6) is 3.28. The smallest absolute Gasteiger partial charge is 0.00772 e. The van der Waals surface area contributed by atoms with Gasteiger partial charge in [-0.3, -0.25) is 0 Å². The minimum Gasteiger partial charge on any atom is -0.330 e. The molecule has 0 aromatic carbocycles. The van der Waals surface area contributed by atoms with Gasteiger partial charge < -0.3 is 5.73 Å². The van der Waals surface area contributed by atoms with E-state index in [0.717, 1.165) is 24.3 Å². The van der Waals surface area contributed by atoms with Crippen molar-refractivity contribution in [2.24, 2.45) is 23.5 Å². The first-order chi connectivity index (χ1) is 5.92. The second-order valence-electron chi connectivity index (χ2n) is 4.62. The molecule has 3 atom stereocenters. The summed E-state index contributed by atoms with van der Waals surface area (Å²) in [5.41, 5.74) is 5.54.